The van der Waals surface area contributed by atoms with Crippen LogP contribution in [0.5, 0.6) is 0 Å². The molecule has 0 bridgehead atoms. The first-order valence-corrected chi connectivity index (χ1v) is 5.93. The molecule has 0 aliphatic carbocycles. The van der Waals surface area contributed by atoms with Crippen LogP contribution in [0.4, 0.5) is 0 Å². The smallest absolute Gasteiger partial charge is 0.309 e. The van der Waals surface area contributed by atoms with Crippen LogP contribution in [0.1, 0.15) is 33.6 Å². The number of hydrogen-bond acceptors (Lipinski definition) is 3. The molecule has 1 saturated heterocycles. The lowest BCUT2D eigenvalue weighted by molar-refractivity contribution is -0.151. The third-order valence-corrected chi connectivity index (χ3v) is 3.43. The first-order valence-electron chi connectivity index (χ1n) is 5.93. The van der Waals surface area contributed by atoms with E-state index in [9.17, 15) is 14.7 Å². The number of amides is 1. The standard InChI is InChI=1S/C12H21NO4/c1-8(14)9-4-5-13(7-9)10(15)6-12(2,3)11(16)17/h8-9,14H,4-7H2,1-3H3,(H,16,17). The summed E-state index contributed by atoms with van der Waals surface area (Å²) in [7, 11) is 0. The molecule has 17 heavy (non-hydrogen) atoms. The normalized spacial score (nSPS) is 22.6. The summed E-state index contributed by atoms with van der Waals surface area (Å²) in [6.45, 7) is 5.97. The lowest BCUT2D eigenvalue weighted by Crippen LogP contribution is -2.36. The van der Waals surface area contributed by atoms with E-state index in [2.05, 4.69) is 0 Å². The number of rotatable bonds is 4. The van der Waals surface area contributed by atoms with Crippen LogP contribution in [0, 0.1) is 11.3 Å². The maximum absolute atomic E-state index is 11.9. The van der Waals surface area contributed by atoms with Gasteiger partial charge >= 0.3 is 5.97 Å². The van der Waals surface area contributed by atoms with Gasteiger partial charge in [0.25, 0.3) is 0 Å². The van der Waals surface area contributed by atoms with Gasteiger partial charge in [-0.1, -0.05) is 0 Å². The van der Waals surface area contributed by atoms with Gasteiger partial charge in [-0.15, -0.1) is 0 Å². The second-order valence-corrected chi connectivity index (χ2v) is 5.49. The third kappa shape index (κ3) is 3.43. The van der Waals surface area contributed by atoms with Gasteiger partial charge in [0.05, 0.1) is 11.5 Å². The molecule has 0 aromatic heterocycles. The van der Waals surface area contributed by atoms with Crippen molar-refractivity contribution in [1.29, 1.82) is 0 Å². The number of aliphatic carboxylic acids is 1. The van der Waals surface area contributed by atoms with E-state index in [4.69, 9.17) is 5.11 Å². The Kier molecular flexibility index (Phi) is 4.14. The molecule has 0 radical (unpaired) electrons. The molecule has 1 fully saturated rings. The molecule has 5 heteroatoms. The zero-order chi connectivity index (χ0) is 13.2. The predicted octanol–water partition coefficient (Wildman–Crippen LogP) is 0.717. The fourth-order valence-electron chi connectivity index (χ4n) is 1.97. The van der Waals surface area contributed by atoms with E-state index < -0.39 is 17.5 Å². The Bertz CT molecular complexity index is 312. The number of aliphatic hydroxyl groups is 1. The number of carboxylic acid groups (broad SMARTS) is 1. The molecule has 98 valence electrons. The minimum Gasteiger partial charge on any atom is -0.481 e. The molecule has 1 rings (SSSR count). The van der Waals surface area contributed by atoms with Crippen molar-refractivity contribution in [2.45, 2.75) is 39.7 Å². The molecule has 2 unspecified atom stereocenters. The van der Waals surface area contributed by atoms with Gasteiger partial charge in [0.2, 0.25) is 5.91 Å². The number of hydrogen-bond donors (Lipinski definition) is 2. The fraction of sp³-hybridized carbons (Fsp3) is 0.833. The van der Waals surface area contributed by atoms with Crippen LogP contribution < -0.4 is 0 Å². The molecular formula is C12H21NO4. The molecule has 1 aliphatic heterocycles. The Morgan fingerprint density at radius 3 is 2.47 bits per heavy atom. The summed E-state index contributed by atoms with van der Waals surface area (Å²) in [6, 6.07) is 0. The predicted molar refractivity (Wildman–Crippen MR) is 62.4 cm³/mol. The van der Waals surface area contributed by atoms with Crippen LogP contribution in [0.2, 0.25) is 0 Å². The molecule has 1 amide bonds. The molecule has 1 heterocycles. The average Bonchev–Trinajstić information content (AvgIpc) is 2.65. The van der Waals surface area contributed by atoms with Crippen LogP contribution in [-0.2, 0) is 9.59 Å². The minimum absolute atomic E-state index is 0.00879. The molecule has 0 aromatic carbocycles. The van der Waals surface area contributed by atoms with Crippen LogP contribution in [-0.4, -0.2) is 46.2 Å². The summed E-state index contributed by atoms with van der Waals surface area (Å²) in [5.41, 5.74) is -1.03. The van der Waals surface area contributed by atoms with Crippen molar-refractivity contribution >= 4 is 11.9 Å². The van der Waals surface area contributed by atoms with Gasteiger partial charge in [0.1, 0.15) is 0 Å². The van der Waals surface area contributed by atoms with Crippen molar-refractivity contribution < 1.29 is 19.8 Å². The second-order valence-electron chi connectivity index (χ2n) is 5.49. The largest absolute Gasteiger partial charge is 0.481 e. The van der Waals surface area contributed by atoms with E-state index in [-0.39, 0.29) is 18.2 Å². The Labute approximate surface area is 101 Å². The molecule has 1 aliphatic rings. The third-order valence-electron chi connectivity index (χ3n) is 3.43. The van der Waals surface area contributed by atoms with Gasteiger partial charge in [0.15, 0.2) is 0 Å². The highest BCUT2D eigenvalue weighted by molar-refractivity contribution is 5.84. The van der Waals surface area contributed by atoms with Gasteiger partial charge in [-0.2, -0.15) is 0 Å². The van der Waals surface area contributed by atoms with Gasteiger partial charge in [-0.3, -0.25) is 9.59 Å². The van der Waals surface area contributed by atoms with Gasteiger partial charge in [-0.25, -0.2) is 0 Å². The zero-order valence-electron chi connectivity index (χ0n) is 10.6. The number of aliphatic hydroxyl groups excluding tert-OH is 1. The summed E-state index contributed by atoms with van der Waals surface area (Å²) < 4.78 is 0. The average molecular weight is 243 g/mol. The van der Waals surface area contributed by atoms with Crippen molar-refractivity contribution in [3.63, 3.8) is 0 Å². The SMILES string of the molecule is CC(O)C1CCN(C(=O)CC(C)(C)C(=O)O)C1. The van der Waals surface area contributed by atoms with E-state index >= 15 is 0 Å². The van der Waals surface area contributed by atoms with E-state index in [1.165, 1.54) is 0 Å². The van der Waals surface area contributed by atoms with Crippen molar-refractivity contribution in [2.75, 3.05) is 13.1 Å². The van der Waals surface area contributed by atoms with E-state index in [0.717, 1.165) is 6.42 Å². The summed E-state index contributed by atoms with van der Waals surface area (Å²) in [4.78, 5) is 24.5. The highest BCUT2D eigenvalue weighted by Crippen LogP contribution is 2.25. The molecule has 2 N–H and O–H groups in total. The molecule has 0 saturated carbocycles. The van der Waals surface area contributed by atoms with Crippen molar-refractivity contribution in [2.24, 2.45) is 11.3 Å². The Morgan fingerprint density at radius 2 is 2.06 bits per heavy atom. The number of nitrogens with zero attached hydrogens (tertiary/aromatic N) is 1. The number of likely N-dealkylation sites (tertiary alicyclic amines) is 1. The van der Waals surface area contributed by atoms with E-state index in [0.29, 0.717) is 13.1 Å². The Balaban J connectivity index is 2.53. The van der Waals surface area contributed by atoms with Gasteiger partial charge < -0.3 is 15.1 Å². The zero-order valence-corrected chi connectivity index (χ0v) is 10.6. The molecular weight excluding hydrogens is 222 g/mol. The monoisotopic (exact) mass is 243 g/mol. The summed E-state index contributed by atoms with van der Waals surface area (Å²) in [5.74, 6) is -0.982. The lowest BCUT2D eigenvalue weighted by atomic mass is 9.89. The summed E-state index contributed by atoms with van der Waals surface area (Å²) >= 11 is 0. The van der Waals surface area contributed by atoms with Gasteiger partial charge in [0, 0.05) is 25.4 Å². The second kappa shape index (κ2) is 5.04. The lowest BCUT2D eigenvalue weighted by Gasteiger charge is -2.23. The first-order chi connectivity index (χ1) is 7.74. The highest BCUT2D eigenvalue weighted by atomic mass is 16.4. The summed E-state index contributed by atoms with van der Waals surface area (Å²) in [6.07, 6.45) is 0.381. The van der Waals surface area contributed by atoms with Crippen LogP contribution in [0.3, 0.4) is 0 Å². The van der Waals surface area contributed by atoms with Gasteiger partial charge in [-0.05, 0) is 27.2 Å². The first kappa shape index (κ1) is 14.0. The van der Waals surface area contributed by atoms with Crippen LogP contribution in [0.15, 0.2) is 0 Å². The molecule has 5 nitrogen and oxygen atoms in total. The number of carboxylic acids is 1. The van der Waals surface area contributed by atoms with E-state index in [1.54, 1.807) is 25.7 Å². The van der Waals surface area contributed by atoms with Crippen molar-refractivity contribution in [3.05, 3.63) is 0 Å². The molecule has 0 aromatic rings. The van der Waals surface area contributed by atoms with Crippen molar-refractivity contribution in [3.8, 4) is 0 Å². The maximum atomic E-state index is 11.9. The Morgan fingerprint density at radius 1 is 1.47 bits per heavy atom. The van der Waals surface area contributed by atoms with Crippen molar-refractivity contribution in [1.82, 2.24) is 4.90 Å². The fourth-order valence-corrected chi connectivity index (χ4v) is 1.97. The van der Waals surface area contributed by atoms with E-state index in [1.807, 2.05) is 0 Å². The van der Waals surface area contributed by atoms with Crippen LogP contribution in [0.25, 0.3) is 0 Å². The number of carbonyl (C=O) groups is 2. The molecule has 2 atom stereocenters. The topological polar surface area (TPSA) is 77.8 Å². The molecule has 0 spiro atoms. The highest BCUT2D eigenvalue weighted by Gasteiger charge is 2.35. The Hall–Kier alpha value is -1.10. The maximum Gasteiger partial charge on any atom is 0.309 e. The minimum atomic E-state index is -1.03. The number of carbonyl (C=O) groups excluding carboxylic acids is 1. The van der Waals surface area contributed by atoms with Crippen LogP contribution >= 0.6 is 0 Å². The quantitative estimate of drug-likeness (QED) is 0.762. The summed E-state index contributed by atoms with van der Waals surface area (Å²) in [5, 5.41) is 18.4.